The van der Waals surface area contributed by atoms with Crippen LogP contribution in [0.4, 0.5) is 5.82 Å². The monoisotopic (exact) mass is 359 g/mol. The van der Waals surface area contributed by atoms with E-state index >= 15 is 0 Å². The van der Waals surface area contributed by atoms with Crippen LogP contribution in [0.2, 0.25) is 0 Å². The van der Waals surface area contributed by atoms with E-state index < -0.39 is 0 Å². The summed E-state index contributed by atoms with van der Waals surface area (Å²) in [5.74, 6) is 1.79. The molecule has 0 N–H and O–H groups in total. The van der Waals surface area contributed by atoms with Crippen molar-refractivity contribution in [3.05, 3.63) is 65.9 Å². The quantitative estimate of drug-likeness (QED) is 0.697. The summed E-state index contributed by atoms with van der Waals surface area (Å²) in [5.41, 5.74) is 2.41. The van der Waals surface area contributed by atoms with Crippen molar-refractivity contribution in [3.8, 4) is 17.5 Å². The van der Waals surface area contributed by atoms with Crippen molar-refractivity contribution >= 4 is 5.82 Å². The molecule has 136 valence electrons. The summed E-state index contributed by atoms with van der Waals surface area (Å²) < 4.78 is 5.68. The number of aromatic nitrogens is 3. The lowest BCUT2D eigenvalue weighted by molar-refractivity contribution is 0.337. The number of rotatable bonds is 5. The Kier molecular flexibility index (Phi) is 4.75. The molecule has 6 nitrogen and oxygen atoms in total. The molecule has 2 aromatic carbocycles. The Balaban J connectivity index is 1.63. The van der Waals surface area contributed by atoms with Crippen LogP contribution in [0, 0.1) is 11.3 Å². The molecule has 1 saturated heterocycles. The van der Waals surface area contributed by atoms with Crippen LogP contribution in [0.5, 0.6) is 5.75 Å². The molecule has 0 radical (unpaired) electrons. The summed E-state index contributed by atoms with van der Waals surface area (Å²) >= 11 is 0. The van der Waals surface area contributed by atoms with Crippen molar-refractivity contribution in [1.82, 2.24) is 15.0 Å². The third-order valence-electron chi connectivity index (χ3n) is 4.84. The Hall–Kier alpha value is -3.33. The molecule has 2 heterocycles. The van der Waals surface area contributed by atoms with Crippen molar-refractivity contribution in [2.24, 2.45) is 0 Å². The maximum atomic E-state index is 9.57. The standard InChI is InChI=1S/C21H21N5O/c1-2-27-20-11-7-6-10-19(20)26-23-18(14-22)21(24-26)25-13-12-17(15-25)16-8-4-3-5-9-16/h3-11,17H,2,12-13,15H2,1H3/t17-/m1/s1. The minimum Gasteiger partial charge on any atom is -0.492 e. The Labute approximate surface area is 158 Å². The van der Waals surface area contributed by atoms with Crippen LogP contribution in [-0.4, -0.2) is 34.7 Å². The molecule has 0 bridgehead atoms. The van der Waals surface area contributed by atoms with Gasteiger partial charge in [-0.25, -0.2) is 0 Å². The van der Waals surface area contributed by atoms with Gasteiger partial charge in [0.05, 0.1) is 6.61 Å². The van der Waals surface area contributed by atoms with Crippen LogP contribution in [-0.2, 0) is 0 Å². The highest BCUT2D eigenvalue weighted by Gasteiger charge is 2.28. The van der Waals surface area contributed by atoms with Crippen molar-refractivity contribution < 1.29 is 4.74 Å². The van der Waals surface area contributed by atoms with E-state index in [1.165, 1.54) is 10.4 Å². The predicted octanol–water partition coefficient (Wildman–Crippen LogP) is 3.53. The Morgan fingerprint density at radius 2 is 1.89 bits per heavy atom. The summed E-state index contributed by atoms with van der Waals surface area (Å²) in [6.07, 6.45) is 1.04. The number of nitrogens with zero attached hydrogens (tertiary/aromatic N) is 5. The number of ether oxygens (including phenoxy) is 1. The van der Waals surface area contributed by atoms with Gasteiger partial charge in [0, 0.05) is 19.0 Å². The lowest BCUT2D eigenvalue weighted by atomic mass is 9.99. The van der Waals surface area contributed by atoms with Crippen LogP contribution in [0.1, 0.15) is 30.5 Å². The number of nitriles is 1. The second-order valence-electron chi connectivity index (χ2n) is 6.52. The van der Waals surface area contributed by atoms with Crippen molar-refractivity contribution in [2.45, 2.75) is 19.3 Å². The summed E-state index contributed by atoms with van der Waals surface area (Å²) in [4.78, 5) is 3.66. The van der Waals surface area contributed by atoms with Gasteiger partial charge in [0.15, 0.2) is 5.82 Å². The fraction of sp³-hybridized carbons (Fsp3) is 0.286. The highest BCUT2D eigenvalue weighted by Crippen LogP contribution is 2.31. The van der Waals surface area contributed by atoms with Gasteiger partial charge in [-0.05, 0) is 31.0 Å². The molecule has 6 heteroatoms. The maximum absolute atomic E-state index is 9.57. The Morgan fingerprint density at radius 1 is 1.11 bits per heavy atom. The first-order valence-electron chi connectivity index (χ1n) is 9.19. The topological polar surface area (TPSA) is 67.0 Å². The van der Waals surface area contributed by atoms with Gasteiger partial charge in [-0.3, -0.25) is 0 Å². The second kappa shape index (κ2) is 7.50. The van der Waals surface area contributed by atoms with E-state index in [1.807, 2.05) is 37.3 Å². The van der Waals surface area contributed by atoms with E-state index in [4.69, 9.17) is 4.74 Å². The molecule has 1 atom stereocenters. The highest BCUT2D eigenvalue weighted by atomic mass is 16.5. The number of para-hydroxylation sites is 2. The molecule has 1 aliphatic heterocycles. The number of hydrogen-bond acceptors (Lipinski definition) is 5. The van der Waals surface area contributed by atoms with Gasteiger partial charge < -0.3 is 9.64 Å². The molecule has 0 spiro atoms. The molecule has 27 heavy (non-hydrogen) atoms. The van der Waals surface area contributed by atoms with Gasteiger partial charge >= 0.3 is 0 Å². The fourth-order valence-corrected chi connectivity index (χ4v) is 3.54. The molecule has 1 fully saturated rings. The third kappa shape index (κ3) is 3.36. The predicted molar refractivity (Wildman–Crippen MR) is 103 cm³/mol. The zero-order valence-corrected chi connectivity index (χ0v) is 15.2. The van der Waals surface area contributed by atoms with Gasteiger partial charge in [0.25, 0.3) is 0 Å². The molecule has 0 amide bonds. The van der Waals surface area contributed by atoms with Crippen LogP contribution in [0.25, 0.3) is 5.69 Å². The van der Waals surface area contributed by atoms with Crippen LogP contribution in [0.15, 0.2) is 54.6 Å². The Bertz CT molecular complexity index is 960. The molecule has 1 aliphatic rings. The summed E-state index contributed by atoms with van der Waals surface area (Å²) in [6.45, 7) is 4.19. The SMILES string of the molecule is CCOc1ccccc1-n1nc(C#N)c(N2CC[C@@H](c3ccccc3)C2)n1. The van der Waals surface area contributed by atoms with E-state index in [2.05, 4.69) is 45.4 Å². The molecule has 0 saturated carbocycles. The lowest BCUT2D eigenvalue weighted by Crippen LogP contribution is -2.20. The smallest absolute Gasteiger partial charge is 0.207 e. The van der Waals surface area contributed by atoms with E-state index in [0.29, 0.717) is 29.8 Å². The van der Waals surface area contributed by atoms with Crippen LogP contribution >= 0.6 is 0 Å². The average molecular weight is 359 g/mol. The third-order valence-corrected chi connectivity index (χ3v) is 4.84. The van der Waals surface area contributed by atoms with E-state index in [9.17, 15) is 5.26 Å². The summed E-state index contributed by atoms with van der Waals surface area (Å²) in [5, 5.41) is 18.6. The average Bonchev–Trinajstić information content (AvgIpc) is 3.36. The summed E-state index contributed by atoms with van der Waals surface area (Å²) in [6, 6.07) is 20.3. The number of hydrogen-bond donors (Lipinski definition) is 0. The molecule has 3 aromatic rings. The van der Waals surface area contributed by atoms with Crippen molar-refractivity contribution in [3.63, 3.8) is 0 Å². The molecule has 1 aromatic heterocycles. The van der Waals surface area contributed by atoms with Crippen molar-refractivity contribution in [2.75, 3.05) is 24.6 Å². The summed E-state index contributed by atoms with van der Waals surface area (Å²) in [7, 11) is 0. The largest absolute Gasteiger partial charge is 0.492 e. The first-order chi connectivity index (χ1) is 13.3. The van der Waals surface area contributed by atoms with Gasteiger partial charge in [0.2, 0.25) is 5.69 Å². The molecule has 0 aliphatic carbocycles. The van der Waals surface area contributed by atoms with E-state index in [0.717, 1.165) is 25.2 Å². The van der Waals surface area contributed by atoms with Gasteiger partial charge in [-0.2, -0.15) is 5.26 Å². The Morgan fingerprint density at radius 3 is 2.67 bits per heavy atom. The normalized spacial score (nSPS) is 16.3. The van der Waals surface area contributed by atoms with Gasteiger partial charge in [-0.15, -0.1) is 15.0 Å². The molecule has 0 unspecified atom stereocenters. The number of anilines is 1. The van der Waals surface area contributed by atoms with Crippen LogP contribution < -0.4 is 9.64 Å². The number of benzene rings is 2. The molecular formula is C21H21N5O. The molecule has 4 rings (SSSR count). The second-order valence-corrected chi connectivity index (χ2v) is 6.52. The lowest BCUT2D eigenvalue weighted by Gasteiger charge is -2.15. The highest BCUT2D eigenvalue weighted by molar-refractivity contribution is 5.53. The minimum absolute atomic E-state index is 0.343. The molecular weight excluding hydrogens is 338 g/mol. The maximum Gasteiger partial charge on any atom is 0.207 e. The zero-order valence-electron chi connectivity index (χ0n) is 15.2. The van der Waals surface area contributed by atoms with Crippen LogP contribution in [0.3, 0.4) is 0 Å². The first kappa shape index (κ1) is 17.1. The van der Waals surface area contributed by atoms with Gasteiger partial charge in [0.1, 0.15) is 17.5 Å². The van der Waals surface area contributed by atoms with Crippen molar-refractivity contribution in [1.29, 1.82) is 5.26 Å². The van der Waals surface area contributed by atoms with E-state index in [1.54, 1.807) is 0 Å². The first-order valence-corrected chi connectivity index (χ1v) is 9.19. The van der Waals surface area contributed by atoms with E-state index in [-0.39, 0.29) is 0 Å². The zero-order chi connectivity index (χ0) is 18.6. The minimum atomic E-state index is 0.343. The fourth-order valence-electron chi connectivity index (χ4n) is 3.54. The van der Waals surface area contributed by atoms with Gasteiger partial charge in [-0.1, -0.05) is 42.5 Å².